The largest absolute Gasteiger partial charge is 0.409 e. The number of rotatable bonds is 8. The van der Waals surface area contributed by atoms with E-state index < -0.39 is 0 Å². The molecule has 20 heavy (non-hydrogen) atoms. The third-order valence-corrected chi connectivity index (χ3v) is 3.00. The maximum absolute atomic E-state index is 8.70. The van der Waals surface area contributed by atoms with Crippen LogP contribution in [0.3, 0.4) is 0 Å². The Morgan fingerprint density at radius 3 is 2.70 bits per heavy atom. The molecule has 112 valence electrons. The minimum atomic E-state index is 0.0437. The highest BCUT2D eigenvalue weighted by Gasteiger charge is 2.08. The summed E-state index contributed by atoms with van der Waals surface area (Å²) in [5.41, 5.74) is 7.20. The normalized spacial score (nSPS) is 12.3. The number of nitrogens with two attached hydrogens (primary N) is 1. The number of aromatic nitrogens is 1. The van der Waals surface area contributed by atoms with Crippen LogP contribution in [0.4, 0.5) is 0 Å². The number of hydrogen-bond acceptors (Lipinski definition) is 5. The van der Waals surface area contributed by atoms with Gasteiger partial charge in [-0.15, -0.1) is 0 Å². The van der Waals surface area contributed by atoms with E-state index in [2.05, 4.69) is 41.0 Å². The van der Waals surface area contributed by atoms with E-state index in [4.69, 9.17) is 10.9 Å². The van der Waals surface area contributed by atoms with Crippen LogP contribution in [0.2, 0.25) is 0 Å². The van der Waals surface area contributed by atoms with Crippen molar-refractivity contribution in [3.8, 4) is 0 Å². The van der Waals surface area contributed by atoms with Gasteiger partial charge in [-0.3, -0.25) is 9.88 Å². The van der Waals surface area contributed by atoms with Crippen LogP contribution in [0.25, 0.3) is 0 Å². The Morgan fingerprint density at radius 1 is 1.35 bits per heavy atom. The summed E-state index contributed by atoms with van der Waals surface area (Å²) in [6.07, 6.45) is 2.81. The number of hydrogen-bond donors (Lipinski definition) is 2. The first kappa shape index (κ1) is 16.4. The van der Waals surface area contributed by atoms with Crippen molar-refractivity contribution in [2.75, 3.05) is 33.7 Å². The monoisotopic (exact) mass is 279 g/mol. The first-order valence-electron chi connectivity index (χ1n) is 6.86. The van der Waals surface area contributed by atoms with E-state index in [-0.39, 0.29) is 5.84 Å². The van der Waals surface area contributed by atoms with E-state index in [1.54, 1.807) is 6.20 Å². The summed E-state index contributed by atoms with van der Waals surface area (Å²) in [7, 11) is 4.15. The number of oxime groups is 1. The third-order valence-electron chi connectivity index (χ3n) is 3.00. The van der Waals surface area contributed by atoms with Crippen LogP contribution >= 0.6 is 0 Å². The quantitative estimate of drug-likeness (QED) is 0.321. The van der Waals surface area contributed by atoms with Gasteiger partial charge in [0, 0.05) is 25.8 Å². The summed E-state index contributed by atoms with van der Waals surface area (Å²) in [6, 6.07) is 3.83. The molecule has 0 bridgehead atoms. The predicted molar refractivity (Wildman–Crippen MR) is 80.9 cm³/mol. The average molecular weight is 279 g/mol. The molecule has 0 aliphatic rings. The summed E-state index contributed by atoms with van der Waals surface area (Å²) < 4.78 is 0. The second kappa shape index (κ2) is 8.50. The molecule has 1 aromatic heterocycles. The third kappa shape index (κ3) is 5.54. The highest BCUT2D eigenvalue weighted by atomic mass is 16.4. The standard InChI is InChI=1S/C14H25N5O/c1-4-7-19(9-8-18(2)3)11-12-5-6-16-13(10-12)14(15)17-20/h5-6,10,20H,4,7-9,11H2,1-3H3,(H2,15,17). The molecule has 1 heterocycles. The molecular weight excluding hydrogens is 254 g/mol. The Hall–Kier alpha value is -1.66. The van der Waals surface area contributed by atoms with Gasteiger partial charge < -0.3 is 15.8 Å². The Morgan fingerprint density at radius 2 is 2.10 bits per heavy atom. The van der Waals surface area contributed by atoms with Gasteiger partial charge >= 0.3 is 0 Å². The van der Waals surface area contributed by atoms with Crippen molar-refractivity contribution in [3.05, 3.63) is 29.6 Å². The second-order valence-corrected chi connectivity index (χ2v) is 5.11. The van der Waals surface area contributed by atoms with Crippen molar-refractivity contribution in [3.63, 3.8) is 0 Å². The lowest BCUT2D eigenvalue weighted by atomic mass is 10.2. The zero-order valence-electron chi connectivity index (χ0n) is 12.6. The first-order valence-corrected chi connectivity index (χ1v) is 6.86. The smallest absolute Gasteiger partial charge is 0.188 e. The molecule has 0 radical (unpaired) electrons. The molecule has 6 nitrogen and oxygen atoms in total. The van der Waals surface area contributed by atoms with Crippen molar-refractivity contribution in [2.24, 2.45) is 10.9 Å². The zero-order chi connectivity index (χ0) is 15.0. The van der Waals surface area contributed by atoms with Gasteiger partial charge in [-0.1, -0.05) is 12.1 Å². The molecule has 0 aliphatic heterocycles. The van der Waals surface area contributed by atoms with Crippen LogP contribution in [0.15, 0.2) is 23.5 Å². The van der Waals surface area contributed by atoms with E-state index in [0.717, 1.165) is 38.2 Å². The number of pyridine rings is 1. The molecule has 0 aromatic carbocycles. The van der Waals surface area contributed by atoms with Crippen molar-refractivity contribution >= 4 is 5.84 Å². The van der Waals surface area contributed by atoms with E-state index in [0.29, 0.717) is 5.69 Å². The average Bonchev–Trinajstić information content (AvgIpc) is 2.44. The second-order valence-electron chi connectivity index (χ2n) is 5.11. The van der Waals surface area contributed by atoms with Crippen LogP contribution in [0.1, 0.15) is 24.6 Å². The van der Waals surface area contributed by atoms with Crippen molar-refractivity contribution < 1.29 is 5.21 Å². The highest BCUT2D eigenvalue weighted by Crippen LogP contribution is 2.07. The van der Waals surface area contributed by atoms with Crippen LogP contribution in [-0.2, 0) is 6.54 Å². The van der Waals surface area contributed by atoms with E-state index in [1.807, 2.05) is 12.1 Å². The molecule has 0 amide bonds. The van der Waals surface area contributed by atoms with Gasteiger partial charge in [0.1, 0.15) is 5.69 Å². The lowest BCUT2D eigenvalue weighted by molar-refractivity contribution is 0.234. The molecule has 0 atom stereocenters. The Balaban J connectivity index is 2.72. The fraction of sp³-hybridized carbons (Fsp3) is 0.571. The lowest BCUT2D eigenvalue weighted by Crippen LogP contribution is -2.32. The van der Waals surface area contributed by atoms with E-state index in [1.165, 1.54) is 0 Å². The molecule has 0 fully saturated rings. The Bertz CT molecular complexity index is 433. The summed E-state index contributed by atoms with van der Waals surface area (Å²) in [4.78, 5) is 8.67. The molecule has 6 heteroatoms. The fourth-order valence-electron chi connectivity index (χ4n) is 1.95. The SMILES string of the molecule is CCCN(CCN(C)C)Cc1ccnc(C(N)=NO)c1. The Kier molecular flexibility index (Phi) is 6.97. The molecule has 0 unspecified atom stereocenters. The maximum Gasteiger partial charge on any atom is 0.188 e. The van der Waals surface area contributed by atoms with E-state index in [9.17, 15) is 0 Å². The first-order chi connectivity index (χ1) is 9.56. The van der Waals surface area contributed by atoms with Crippen LogP contribution in [0, 0.1) is 0 Å². The van der Waals surface area contributed by atoms with Crippen molar-refractivity contribution in [2.45, 2.75) is 19.9 Å². The van der Waals surface area contributed by atoms with Crippen molar-refractivity contribution in [1.82, 2.24) is 14.8 Å². The molecule has 0 saturated carbocycles. The molecule has 1 rings (SSSR count). The summed E-state index contributed by atoms with van der Waals surface area (Å²) >= 11 is 0. The topological polar surface area (TPSA) is 78.0 Å². The predicted octanol–water partition coefficient (Wildman–Crippen LogP) is 0.950. The molecular formula is C14H25N5O. The Labute approximate surface area is 120 Å². The minimum Gasteiger partial charge on any atom is -0.409 e. The van der Waals surface area contributed by atoms with Gasteiger partial charge in [0.15, 0.2) is 5.84 Å². The minimum absolute atomic E-state index is 0.0437. The summed E-state index contributed by atoms with van der Waals surface area (Å²) in [6.45, 7) is 6.11. The van der Waals surface area contributed by atoms with Crippen LogP contribution < -0.4 is 5.73 Å². The van der Waals surface area contributed by atoms with Crippen molar-refractivity contribution in [1.29, 1.82) is 0 Å². The van der Waals surface area contributed by atoms with Crippen LogP contribution in [-0.4, -0.2) is 59.6 Å². The maximum atomic E-state index is 8.70. The van der Waals surface area contributed by atoms with Gasteiger partial charge in [0.2, 0.25) is 0 Å². The molecule has 0 aliphatic carbocycles. The number of amidine groups is 1. The molecule has 1 aromatic rings. The van der Waals surface area contributed by atoms with Gasteiger partial charge in [0.05, 0.1) is 0 Å². The van der Waals surface area contributed by atoms with Gasteiger partial charge in [-0.25, -0.2) is 0 Å². The zero-order valence-corrected chi connectivity index (χ0v) is 12.6. The van der Waals surface area contributed by atoms with E-state index >= 15 is 0 Å². The molecule has 0 saturated heterocycles. The van der Waals surface area contributed by atoms with Crippen LogP contribution in [0.5, 0.6) is 0 Å². The summed E-state index contributed by atoms with van der Waals surface area (Å²) in [5, 5.41) is 11.7. The highest BCUT2D eigenvalue weighted by molar-refractivity contribution is 5.95. The van der Waals surface area contributed by atoms with Gasteiger partial charge in [-0.05, 0) is 44.8 Å². The summed E-state index contributed by atoms with van der Waals surface area (Å²) in [5.74, 6) is 0.0437. The number of likely N-dealkylation sites (N-methyl/N-ethyl adjacent to an activating group) is 1. The lowest BCUT2D eigenvalue weighted by Gasteiger charge is -2.23. The van der Waals surface area contributed by atoms with Gasteiger partial charge in [0.25, 0.3) is 0 Å². The molecule has 3 N–H and O–H groups in total. The fourth-order valence-corrected chi connectivity index (χ4v) is 1.95. The number of nitrogens with zero attached hydrogens (tertiary/aromatic N) is 4. The van der Waals surface area contributed by atoms with Gasteiger partial charge in [-0.2, -0.15) is 0 Å². The molecule has 0 spiro atoms.